The highest BCUT2D eigenvalue weighted by Gasteiger charge is 2.27. The van der Waals surface area contributed by atoms with Gasteiger partial charge in [0, 0.05) is 6.07 Å². The summed E-state index contributed by atoms with van der Waals surface area (Å²) in [5, 5.41) is 7.57. The number of sulfonamides is 1. The Labute approximate surface area is 134 Å². The number of nitrogens with two attached hydrogens (primary N) is 1. The predicted molar refractivity (Wildman–Crippen MR) is 84.5 cm³/mol. The Morgan fingerprint density at radius 1 is 1.30 bits per heavy atom. The molecule has 0 unspecified atom stereocenters. The van der Waals surface area contributed by atoms with Crippen LogP contribution in [-0.2, 0) is 16.4 Å². The highest BCUT2D eigenvalue weighted by atomic mass is 32.2. The fraction of sp³-hybridized carbons (Fsp3) is 0.312. The Kier molecular flexibility index (Phi) is 3.77. The summed E-state index contributed by atoms with van der Waals surface area (Å²) in [6, 6.07) is 7.27. The van der Waals surface area contributed by atoms with Crippen molar-refractivity contribution in [2.24, 2.45) is 5.14 Å². The highest BCUT2D eigenvalue weighted by molar-refractivity contribution is 7.89. The molecule has 1 aromatic heterocycles. The zero-order valence-corrected chi connectivity index (χ0v) is 13.7. The SMILES string of the molecule is Cc1ccc2c(c1)CC[C@H]2NC(=O)c1cc(S(N)(=O)=O)oc1C. The van der Waals surface area contributed by atoms with Gasteiger partial charge in [-0.15, -0.1) is 0 Å². The number of carbonyl (C=O) groups excluding carboxylic acids is 1. The third-order valence-electron chi connectivity index (χ3n) is 4.10. The van der Waals surface area contributed by atoms with Gasteiger partial charge in [-0.25, -0.2) is 13.6 Å². The molecule has 7 heteroatoms. The summed E-state index contributed by atoms with van der Waals surface area (Å²) >= 11 is 0. The van der Waals surface area contributed by atoms with E-state index >= 15 is 0 Å². The van der Waals surface area contributed by atoms with Gasteiger partial charge in [-0.3, -0.25) is 4.79 Å². The molecule has 0 saturated heterocycles. The van der Waals surface area contributed by atoms with Crippen LogP contribution in [0.5, 0.6) is 0 Å². The molecule has 1 amide bonds. The predicted octanol–water partition coefficient (Wildman–Crippen LogP) is 1.96. The van der Waals surface area contributed by atoms with Crippen LogP contribution in [0.1, 0.15) is 45.3 Å². The van der Waals surface area contributed by atoms with Crippen LogP contribution in [0, 0.1) is 13.8 Å². The third kappa shape index (κ3) is 3.02. The van der Waals surface area contributed by atoms with E-state index in [9.17, 15) is 13.2 Å². The first-order valence-corrected chi connectivity index (χ1v) is 8.84. The molecule has 1 aliphatic carbocycles. The first kappa shape index (κ1) is 15.8. The maximum absolute atomic E-state index is 12.4. The maximum Gasteiger partial charge on any atom is 0.271 e. The molecular formula is C16H18N2O4S. The van der Waals surface area contributed by atoms with E-state index in [4.69, 9.17) is 9.56 Å². The molecule has 1 atom stereocenters. The second-order valence-corrected chi connectivity index (χ2v) is 7.34. The van der Waals surface area contributed by atoms with Gasteiger partial charge in [-0.2, -0.15) is 0 Å². The summed E-state index contributed by atoms with van der Waals surface area (Å²) in [5.41, 5.74) is 3.73. The fourth-order valence-corrected chi connectivity index (χ4v) is 3.48. The lowest BCUT2D eigenvalue weighted by molar-refractivity contribution is 0.0935. The molecule has 1 aromatic carbocycles. The van der Waals surface area contributed by atoms with E-state index in [1.165, 1.54) is 24.1 Å². The first-order valence-electron chi connectivity index (χ1n) is 7.29. The van der Waals surface area contributed by atoms with Crippen LogP contribution in [-0.4, -0.2) is 14.3 Å². The zero-order valence-electron chi connectivity index (χ0n) is 12.9. The minimum absolute atomic E-state index is 0.0784. The van der Waals surface area contributed by atoms with Gasteiger partial charge in [0.05, 0.1) is 11.6 Å². The van der Waals surface area contributed by atoms with Crippen LogP contribution in [0.2, 0.25) is 0 Å². The zero-order chi connectivity index (χ0) is 16.8. The van der Waals surface area contributed by atoms with Crippen molar-refractivity contribution in [2.75, 3.05) is 0 Å². The number of carbonyl (C=O) groups is 1. The number of hydrogen-bond acceptors (Lipinski definition) is 4. The van der Waals surface area contributed by atoms with Crippen molar-refractivity contribution in [1.29, 1.82) is 0 Å². The van der Waals surface area contributed by atoms with Gasteiger partial charge < -0.3 is 9.73 Å². The summed E-state index contributed by atoms with van der Waals surface area (Å²) in [6.45, 7) is 3.57. The summed E-state index contributed by atoms with van der Waals surface area (Å²) in [4.78, 5) is 12.4. The van der Waals surface area contributed by atoms with Crippen molar-refractivity contribution in [3.63, 3.8) is 0 Å². The third-order valence-corrected chi connectivity index (χ3v) is 4.86. The molecular weight excluding hydrogens is 316 g/mol. The number of aryl methyl sites for hydroxylation is 3. The Morgan fingerprint density at radius 2 is 2.04 bits per heavy atom. The molecule has 3 N–H and O–H groups in total. The number of nitrogens with one attached hydrogen (secondary N) is 1. The van der Waals surface area contributed by atoms with Crippen LogP contribution in [0.3, 0.4) is 0 Å². The molecule has 0 aliphatic heterocycles. The number of rotatable bonds is 3. The Hall–Kier alpha value is -2.12. The molecule has 23 heavy (non-hydrogen) atoms. The van der Waals surface area contributed by atoms with Gasteiger partial charge in [0.15, 0.2) is 0 Å². The molecule has 1 aliphatic rings. The van der Waals surface area contributed by atoms with Crippen LogP contribution >= 0.6 is 0 Å². The molecule has 122 valence electrons. The average Bonchev–Trinajstić information content (AvgIpc) is 3.02. The Balaban J connectivity index is 1.83. The monoisotopic (exact) mass is 334 g/mol. The molecule has 2 aromatic rings. The van der Waals surface area contributed by atoms with Crippen molar-refractivity contribution in [2.45, 2.75) is 37.8 Å². The molecule has 0 spiro atoms. The normalized spacial score (nSPS) is 17.1. The largest absolute Gasteiger partial charge is 0.448 e. The van der Waals surface area contributed by atoms with Crippen molar-refractivity contribution in [1.82, 2.24) is 5.32 Å². The number of fused-ring (bicyclic) bond motifs is 1. The maximum atomic E-state index is 12.4. The number of amides is 1. The fourth-order valence-electron chi connectivity index (χ4n) is 2.95. The quantitative estimate of drug-likeness (QED) is 0.895. The number of hydrogen-bond donors (Lipinski definition) is 2. The van der Waals surface area contributed by atoms with Gasteiger partial charge in [-0.05, 0) is 37.8 Å². The van der Waals surface area contributed by atoms with E-state index in [2.05, 4.69) is 11.4 Å². The number of furan rings is 1. The van der Waals surface area contributed by atoms with Gasteiger partial charge >= 0.3 is 0 Å². The molecule has 0 saturated carbocycles. The van der Waals surface area contributed by atoms with Gasteiger partial charge in [-0.1, -0.05) is 23.8 Å². The molecule has 0 bridgehead atoms. The lowest BCUT2D eigenvalue weighted by atomic mass is 10.1. The van der Waals surface area contributed by atoms with E-state index in [1.54, 1.807) is 0 Å². The molecule has 3 rings (SSSR count). The molecule has 1 heterocycles. The Morgan fingerprint density at radius 3 is 2.70 bits per heavy atom. The Bertz CT molecular complexity index is 883. The van der Waals surface area contributed by atoms with E-state index in [0.717, 1.165) is 18.4 Å². The summed E-state index contributed by atoms with van der Waals surface area (Å²) in [6.07, 6.45) is 1.73. The standard InChI is InChI=1S/C16H18N2O4S/c1-9-3-5-12-11(7-9)4-6-14(12)18-16(19)13-8-15(22-10(13)2)23(17,20)21/h3,5,7-8,14H,4,6H2,1-2H3,(H,18,19)(H2,17,20,21)/t14-/m1/s1. The second-order valence-electron chi connectivity index (χ2n) is 5.85. The lowest BCUT2D eigenvalue weighted by Crippen LogP contribution is -2.27. The van der Waals surface area contributed by atoms with Crippen LogP contribution < -0.4 is 10.5 Å². The van der Waals surface area contributed by atoms with Crippen molar-refractivity contribution in [3.8, 4) is 0 Å². The van der Waals surface area contributed by atoms with Crippen molar-refractivity contribution < 1.29 is 17.6 Å². The van der Waals surface area contributed by atoms with E-state index in [-0.39, 0.29) is 23.3 Å². The van der Waals surface area contributed by atoms with Crippen LogP contribution in [0.15, 0.2) is 33.8 Å². The minimum atomic E-state index is -3.97. The van der Waals surface area contributed by atoms with Crippen molar-refractivity contribution >= 4 is 15.9 Å². The number of benzene rings is 1. The minimum Gasteiger partial charge on any atom is -0.448 e. The van der Waals surface area contributed by atoms with Crippen molar-refractivity contribution in [3.05, 3.63) is 52.3 Å². The van der Waals surface area contributed by atoms with E-state index < -0.39 is 15.1 Å². The summed E-state index contributed by atoms with van der Waals surface area (Å²) < 4.78 is 27.7. The topological polar surface area (TPSA) is 102 Å². The highest BCUT2D eigenvalue weighted by Crippen LogP contribution is 2.32. The van der Waals surface area contributed by atoms with Gasteiger partial charge in [0.2, 0.25) is 5.09 Å². The van der Waals surface area contributed by atoms with E-state index in [1.807, 2.05) is 19.1 Å². The summed E-state index contributed by atoms with van der Waals surface area (Å²) in [5.74, 6) is -0.131. The summed E-state index contributed by atoms with van der Waals surface area (Å²) in [7, 11) is -3.97. The molecule has 0 fully saturated rings. The van der Waals surface area contributed by atoms with Gasteiger partial charge in [0.1, 0.15) is 5.76 Å². The van der Waals surface area contributed by atoms with Crippen LogP contribution in [0.4, 0.5) is 0 Å². The smallest absolute Gasteiger partial charge is 0.271 e. The number of primary sulfonamides is 1. The second kappa shape index (κ2) is 5.50. The lowest BCUT2D eigenvalue weighted by Gasteiger charge is -2.14. The van der Waals surface area contributed by atoms with E-state index in [0.29, 0.717) is 0 Å². The van der Waals surface area contributed by atoms with Crippen LogP contribution in [0.25, 0.3) is 0 Å². The molecule has 6 nitrogen and oxygen atoms in total. The van der Waals surface area contributed by atoms with Gasteiger partial charge in [0.25, 0.3) is 15.9 Å². The average molecular weight is 334 g/mol. The first-order chi connectivity index (χ1) is 10.8. The molecule has 0 radical (unpaired) electrons.